The van der Waals surface area contributed by atoms with Crippen LogP contribution < -0.4 is 25.4 Å². The van der Waals surface area contributed by atoms with E-state index in [1.54, 1.807) is 14.2 Å². The van der Waals surface area contributed by atoms with Crippen LogP contribution in [-0.4, -0.2) is 74.4 Å². The summed E-state index contributed by atoms with van der Waals surface area (Å²) >= 11 is 0. The van der Waals surface area contributed by atoms with Crippen LogP contribution >= 0.6 is 0 Å². The fourth-order valence-electron chi connectivity index (χ4n) is 3.76. The number of ether oxygens (including phenoxy) is 3. The third-order valence-electron chi connectivity index (χ3n) is 5.48. The van der Waals surface area contributed by atoms with E-state index < -0.39 is 0 Å². The van der Waals surface area contributed by atoms with E-state index in [0.717, 1.165) is 55.1 Å². The normalized spacial score (nSPS) is 14.0. The van der Waals surface area contributed by atoms with Gasteiger partial charge in [-0.15, -0.1) is 0 Å². The number of aromatic nitrogens is 2. The summed E-state index contributed by atoms with van der Waals surface area (Å²) in [5.41, 5.74) is 2.27. The number of amides is 1. The van der Waals surface area contributed by atoms with E-state index >= 15 is 0 Å². The molecule has 1 saturated heterocycles. The second kappa shape index (κ2) is 11.0. The molecule has 0 atom stereocenters. The first-order chi connectivity index (χ1) is 16.6. The molecule has 2 heterocycles. The quantitative estimate of drug-likeness (QED) is 0.438. The lowest BCUT2D eigenvalue weighted by Crippen LogP contribution is -2.39. The van der Waals surface area contributed by atoms with Gasteiger partial charge in [-0.3, -0.25) is 9.69 Å². The second-order valence-corrected chi connectivity index (χ2v) is 7.88. The zero-order chi connectivity index (χ0) is 23.9. The predicted molar refractivity (Wildman–Crippen MR) is 132 cm³/mol. The summed E-state index contributed by atoms with van der Waals surface area (Å²) < 4.78 is 16.4. The first-order valence-electron chi connectivity index (χ1n) is 11.2. The Balaban J connectivity index is 1.60. The molecule has 3 aromatic rings. The number of carbonyl (C=O) groups is 1. The van der Waals surface area contributed by atoms with Gasteiger partial charge in [0.25, 0.3) is 0 Å². The van der Waals surface area contributed by atoms with Crippen LogP contribution in [0.15, 0.2) is 36.4 Å². The lowest BCUT2D eigenvalue weighted by molar-refractivity contribution is -0.114. The van der Waals surface area contributed by atoms with E-state index in [2.05, 4.69) is 20.9 Å². The van der Waals surface area contributed by atoms with E-state index in [9.17, 15) is 4.79 Å². The smallest absolute Gasteiger partial charge is 0.225 e. The number of carbonyl (C=O) groups excluding carboxylic acids is 1. The Morgan fingerprint density at radius 2 is 1.71 bits per heavy atom. The molecule has 0 saturated carbocycles. The number of benzene rings is 2. The molecule has 0 radical (unpaired) electrons. The molecular weight excluding hydrogens is 436 g/mol. The largest absolute Gasteiger partial charge is 0.493 e. The minimum atomic E-state index is -0.114. The molecule has 0 unspecified atom stereocenters. The highest BCUT2D eigenvalue weighted by Crippen LogP contribution is 2.35. The van der Waals surface area contributed by atoms with Gasteiger partial charge in [-0.25, -0.2) is 4.98 Å². The van der Waals surface area contributed by atoms with E-state index in [4.69, 9.17) is 24.2 Å². The van der Waals surface area contributed by atoms with Crippen molar-refractivity contribution in [2.24, 2.45) is 0 Å². The number of nitrogens with one attached hydrogen (secondary N) is 3. The van der Waals surface area contributed by atoms with E-state index in [1.807, 2.05) is 36.4 Å². The third kappa shape index (κ3) is 5.83. The monoisotopic (exact) mass is 466 g/mol. The van der Waals surface area contributed by atoms with E-state index in [1.165, 1.54) is 6.92 Å². The van der Waals surface area contributed by atoms with Crippen molar-refractivity contribution in [3.63, 3.8) is 0 Å². The van der Waals surface area contributed by atoms with Gasteiger partial charge >= 0.3 is 0 Å². The number of rotatable bonds is 9. The van der Waals surface area contributed by atoms with Crippen LogP contribution in [0.2, 0.25) is 0 Å². The van der Waals surface area contributed by atoms with Crippen LogP contribution in [-0.2, 0) is 9.53 Å². The first-order valence-corrected chi connectivity index (χ1v) is 11.2. The van der Waals surface area contributed by atoms with Crippen molar-refractivity contribution in [3.8, 4) is 11.5 Å². The molecule has 1 amide bonds. The highest BCUT2D eigenvalue weighted by atomic mass is 16.5. The molecule has 0 bridgehead atoms. The molecule has 180 valence electrons. The number of fused-ring (bicyclic) bond motifs is 1. The van der Waals surface area contributed by atoms with Gasteiger partial charge in [-0.2, -0.15) is 4.98 Å². The molecule has 0 aliphatic carbocycles. The van der Waals surface area contributed by atoms with Crippen molar-refractivity contribution in [1.29, 1.82) is 0 Å². The van der Waals surface area contributed by atoms with Gasteiger partial charge < -0.3 is 30.2 Å². The number of methoxy groups -OCH3 is 2. The van der Waals surface area contributed by atoms with Gasteiger partial charge in [0.2, 0.25) is 11.9 Å². The number of morpholine rings is 1. The summed E-state index contributed by atoms with van der Waals surface area (Å²) in [6, 6.07) is 11.1. The fourth-order valence-corrected chi connectivity index (χ4v) is 3.76. The predicted octanol–water partition coefficient (Wildman–Crippen LogP) is 3.09. The van der Waals surface area contributed by atoms with Crippen molar-refractivity contribution in [1.82, 2.24) is 14.9 Å². The highest BCUT2D eigenvalue weighted by Gasteiger charge is 2.15. The van der Waals surface area contributed by atoms with Gasteiger partial charge in [-0.05, 0) is 30.3 Å². The summed E-state index contributed by atoms with van der Waals surface area (Å²) in [7, 11) is 3.20. The molecule has 34 heavy (non-hydrogen) atoms. The van der Waals surface area contributed by atoms with Gasteiger partial charge in [0.15, 0.2) is 11.5 Å². The van der Waals surface area contributed by atoms with Gasteiger partial charge in [-0.1, -0.05) is 0 Å². The molecular formula is C24H30N6O4. The Bertz CT molecular complexity index is 1130. The van der Waals surface area contributed by atoms with Crippen molar-refractivity contribution in [2.45, 2.75) is 6.92 Å². The molecule has 4 rings (SSSR count). The minimum Gasteiger partial charge on any atom is -0.493 e. The standard InChI is InChI=1S/C24H30N6O4/c1-16(31)26-17-4-6-18(7-5-17)27-23-19-14-21(32-2)22(33-3)15-20(19)28-24(29-23)25-8-9-30-10-12-34-13-11-30/h4-7,14-15H,8-13H2,1-3H3,(H,26,31)(H2,25,27,28,29). The topological polar surface area (TPSA) is 110 Å². The van der Waals surface area contributed by atoms with Crippen molar-refractivity contribution < 1.29 is 19.0 Å². The van der Waals surface area contributed by atoms with Crippen molar-refractivity contribution >= 4 is 40.0 Å². The maximum atomic E-state index is 11.3. The maximum Gasteiger partial charge on any atom is 0.225 e. The lowest BCUT2D eigenvalue weighted by Gasteiger charge is -2.26. The molecule has 1 fully saturated rings. The Kier molecular flexibility index (Phi) is 7.61. The molecule has 1 aliphatic heterocycles. The zero-order valence-corrected chi connectivity index (χ0v) is 19.7. The Labute approximate surface area is 198 Å². The summed E-state index contributed by atoms with van der Waals surface area (Å²) in [6.07, 6.45) is 0. The third-order valence-corrected chi connectivity index (χ3v) is 5.48. The van der Waals surface area contributed by atoms with E-state index in [-0.39, 0.29) is 5.91 Å². The Hall–Kier alpha value is -3.63. The minimum absolute atomic E-state index is 0.114. The molecule has 0 spiro atoms. The van der Waals surface area contributed by atoms with Gasteiger partial charge in [0, 0.05) is 55.9 Å². The molecule has 1 aliphatic rings. The summed E-state index contributed by atoms with van der Waals surface area (Å²) in [5.74, 6) is 2.23. The molecule has 1 aromatic heterocycles. The van der Waals surface area contributed by atoms with Crippen LogP contribution in [0.5, 0.6) is 11.5 Å². The van der Waals surface area contributed by atoms with Gasteiger partial charge in [0.05, 0.1) is 33.0 Å². The SMILES string of the molecule is COc1cc2nc(NCCN3CCOCC3)nc(Nc3ccc(NC(C)=O)cc3)c2cc1OC. The van der Waals surface area contributed by atoms with Crippen LogP contribution in [0.1, 0.15) is 6.92 Å². The van der Waals surface area contributed by atoms with Crippen LogP contribution in [0, 0.1) is 0 Å². The van der Waals surface area contributed by atoms with Crippen LogP contribution in [0.3, 0.4) is 0 Å². The molecule has 3 N–H and O–H groups in total. The Morgan fingerprint density at radius 3 is 2.38 bits per heavy atom. The number of nitrogens with zero attached hydrogens (tertiary/aromatic N) is 3. The van der Waals surface area contributed by atoms with Gasteiger partial charge in [0.1, 0.15) is 5.82 Å². The fraction of sp³-hybridized carbons (Fsp3) is 0.375. The zero-order valence-electron chi connectivity index (χ0n) is 19.7. The lowest BCUT2D eigenvalue weighted by atomic mass is 10.2. The molecule has 10 nitrogen and oxygen atoms in total. The van der Waals surface area contributed by atoms with E-state index in [0.29, 0.717) is 29.8 Å². The molecule has 10 heteroatoms. The average molecular weight is 467 g/mol. The average Bonchev–Trinajstić information content (AvgIpc) is 2.85. The highest BCUT2D eigenvalue weighted by molar-refractivity contribution is 5.94. The summed E-state index contributed by atoms with van der Waals surface area (Å²) in [4.78, 5) is 23.1. The summed E-state index contributed by atoms with van der Waals surface area (Å²) in [5, 5.41) is 10.3. The van der Waals surface area contributed by atoms with Crippen LogP contribution in [0.25, 0.3) is 10.9 Å². The second-order valence-electron chi connectivity index (χ2n) is 7.88. The van der Waals surface area contributed by atoms with Crippen molar-refractivity contribution in [3.05, 3.63) is 36.4 Å². The van der Waals surface area contributed by atoms with Crippen LogP contribution in [0.4, 0.5) is 23.1 Å². The number of hydrogen-bond donors (Lipinski definition) is 3. The number of anilines is 4. The molecule has 2 aromatic carbocycles. The maximum absolute atomic E-state index is 11.3. The van der Waals surface area contributed by atoms with Crippen molar-refractivity contribution in [2.75, 3.05) is 69.6 Å². The summed E-state index contributed by atoms with van der Waals surface area (Å²) in [6.45, 7) is 6.46. The number of hydrogen-bond acceptors (Lipinski definition) is 9. The Morgan fingerprint density at radius 1 is 1.03 bits per heavy atom. The first kappa shape index (κ1) is 23.5.